The van der Waals surface area contributed by atoms with Crippen molar-refractivity contribution in [2.75, 3.05) is 0 Å². The molecule has 1 aromatic carbocycles. The van der Waals surface area contributed by atoms with E-state index in [1.165, 1.54) is 5.56 Å². The summed E-state index contributed by atoms with van der Waals surface area (Å²) >= 11 is 0. The van der Waals surface area contributed by atoms with Crippen molar-refractivity contribution in [2.24, 2.45) is 0 Å². The standard InChI is InChI=1S/C18H24O3/c1-17(2)20-16-12-14-7-5-4-6-13(14)8-9-15(19)10-11-18(16,3)21-17/h4-9,15-16,19H,10-12H2,1-3H3/b9-8-/t15?,16-,18-/m0/s1. The zero-order chi connectivity index (χ0) is 15.1. The Kier molecular flexibility index (Phi) is 3.68. The van der Waals surface area contributed by atoms with Crippen molar-refractivity contribution in [1.82, 2.24) is 0 Å². The largest absolute Gasteiger partial charge is 0.389 e. The maximum Gasteiger partial charge on any atom is 0.164 e. The number of hydrogen-bond donors (Lipinski definition) is 1. The molecule has 3 atom stereocenters. The molecule has 0 spiro atoms. The minimum absolute atomic E-state index is 0.00681. The lowest BCUT2D eigenvalue weighted by Gasteiger charge is -2.30. The normalized spacial score (nSPS) is 36.6. The molecule has 3 rings (SSSR count). The van der Waals surface area contributed by atoms with Crippen LogP contribution in [0.3, 0.4) is 0 Å². The molecule has 3 nitrogen and oxygen atoms in total. The van der Waals surface area contributed by atoms with Crippen molar-refractivity contribution in [1.29, 1.82) is 0 Å². The third-order valence-corrected chi connectivity index (χ3v) is 4.48. The molecule has 2 aliphatic rings. The van der Waals surface area contributed by atoms with Gasteiger partial charge in [0.1, 0.15) is 0 Å². The van der Waals surface area contributed by atoms with E-state index in [4.69, 9.17) is 9.47 Å². The van der Waals surface area contributed by atoms with Gasteiger partial charge in [-0.05, 0) is 44.7 Å². The Morgan fingerprint density at radius 3 is 2.76 bits per heavy atom. The van der Waals surface area contributed by atoms with Crippen LogP contribution in [0.2, 0.25) is 0 Å². The molecule has 0 amide bonds. The third-order valence-electron chi connectivity index (χ3n) is 4.48. The SMILES string of the molecule is CC1(C)O[C@H]2Cc3ccccc3/C=C\C(O)CC[C@]2(C)O1. The van der Waals surface area contributed by atoms with Gasteiger partial charge < -0.3 is 14.6 Å². The summed E-state index contributed by atoms with van der Waals surface area (Å²) in [5.74, 6) is -0.569. The highest BCUT2D eigenvalue weighted by Crippen LogP contribution is 2.41. The van der Waals surface area contributed by atoms with Gasteiger partial charge in [0.25, 0.3) is 0 Å². The first kappa shape index (κ1) is 14.8. The van der Waals surface area contributed by atoms with E-state index in [0.29, 0.717) is 6.42 Å². The van der Waals surface area contributed by atoms with Crippen LogP contribution in [0.4, 0.5) is 0 Å². The first-order valence-corrected chi connectivity index (χ1v) is 7.70. The zero-order valence-corrected chi connectivity index (χ0v) is 13.0. The summed E-state index contributed by atoms with van der Waals surface area (Å²) in [6.07, 6.45) is 5.76. The smallest absolute Gasteiger partial charge is 0.164 e. The van der Waals surface area contributed by atoms with Crippen LogP contribution in [0.1, 0.15) is 44.7 Å². The summed E-state index contributed by atoms with van der Waals surface area (Å²) in [5, 5.41) is 10.1. The van der Waals surface area contributed by atoms with Crippen molar-refractivity contribution in [3.63, 3.8) is 0 Å². The molecular weight excluding hydrogens is 264 g/mol. The zero-order valence-electron chi connectivity index (χ0n) is 13.0. The van der Waals surface area contributed by atoms with E-state index < -0.39 is 11.9 Å². The minimum atomic E-state index is -0.569. The van der Waals surface area contributed by atoms with Crippen molar-refractivity contribution < 1.29 is 14.6 Å². The van der Waals surface area contributed by atoms with Crippen LogP contribution in [0.5, 0.6) is 0 Å². The molecule has 114 valence electrons. The molecule has 1 aromatic rings. The lowest BCUT2D eigenvalue weighted by molar-refractivity contribution is -0.161. The van der Waals surface area contributed by atoms with Gasteiger partial charge in [0.2, 0.25) is 0 Å². The van der Waals surface area contributed by atoms with Crippen LogP contribution in [-0.2, 0) is 15.9 Å². The van der Waals surface area contributed by atoms with Gasteiger partial charge in [-0.15, -0.1) is 0 Å². The van der Waals surface area contributed by atoms with Crippen molar-refractivity contribution in [2.45, 2.75) is 63.6 Å². The number of fused-ring (bicyclic) bond motifs is 2. The van der Waals surface area contributed by atoms with Gasteiger partial charge in [-0.2, -0.15) is 0 Å². The monoisotopic (exact) mass is 288 g/mol. The molecule has 1 heterocycles. The molecule has 0 saturated carbocycles. The van der Waals surface area contributed by atoms with E-state index in [1.54, 1.807) is 0 Å². The maximum atomic E-state index is 10.1. The predicted molar refractivity (Wildman–Crippen MR) is 82.9 cm³/mol. The second-order valence-electron chi connectivity index (χ2n) is 6.79. The summed E-state index contributed by atoms with van der Waals surface area (Å²) < 4.78 is 12.3. The number of rotatable bonds is 0. The van der Waals surface area contributed by atoms with Crippen molar-refractivity contribution >= 4 is 6.08 Å². The summed E-state index contributed by atoms with van der Waals surface area (Å²) in [6, 6.07) is 8.28. The molecule has 1 fully saturated rings. The molecule has 21 heavy (non-hydrogen) atoms. The summed E-state index contributed by atoms with van der Waals surface area (Å²) in [5.41, 5.74) is 2.03. The van der Waals surface area contributed by atoms with Crippen LogP contribution in [-0.4, -0.2) is 28.7 Å². The fraction of sp³-hybridized carbons (Fsp3) is 0.556. The van der Waals surface area contributed by atoms with E-state index in [2.05, 4.69) is 19.1 Å². The Morgan fingerprint density at radius 2 is 1.95 bits per heavy atom. The van der Waals surface area contributed by atoms with E-state index in [0.717, 1.165) is 18.4 Å². The molecule has 0 radical (unpaired) electrons. The van der Waals surface area contributed by atoms with Crippen LogP contribution >= 0.6 is 0 Å². The number of ether oxygens (including phenoxy) is 2. The van der Waals surface area contributed by atoms with Gasteiger partial charge in [-0.25, -0.2) is 0 Å². The second-order valence-corrected chi connectivity index (χ2v) is 6.79. The van der Waals surface area contributed by atoms with Gasteiger partial charge in [-0.1, -0.05) is 36.4 Å². The molecule has 0 aromatic heterocycles. The average Bonchev–Trinajstić information content (AvgIpc) is 2.65. The van der Waals surface area contributed by atoms with Crippen molar-refractivity contribution in [3.05, 3.63) is 41.5 Å². The van der Waals surface area contributed by atoms with Crippen LogP contribution in [0.15, 0.2) is 30.3 Å². The Labute approximate surface area is 126 Å². The molecule has 1 aliphatic heterocycles. The fourth-order valence-electron chi connectivity index (χ4n) is 3.42. The summed E-state index contributed by atoms with van der Waals surface area (Å²) in [7, 11) is 0. The lowest BCUT2D eigenvalue weighted by Crippen LogP contribution is -2.39. The van der Waals surface area contributed by atoms with Crippen LogP contribution in [0, 0.1) is 0 Å². The topological polar surface area (TPSA) is 38.7 Å². The van der Waals surface area contributed by atoms with E-state index in [-0.39, 0.29) is 11.7 Å². The van der Waals surface area contributed by atoms with Crippen LogP contribution < -0.4 is 0 Å². The fourth-order valence-corrected chi connectivity index (χ4v) is 3.42. The minimum Gasteiger partial charge on any atom is -0.389 e. The van der Waals surface area contributed by atoms with E-state index in [9.17, 15) is 5.11 Å². The Morgan fingerprint density at radius 1 is 1.19 bits per heavy atom. The van der Waals surface area contributed by atoms with Gasteiger partial charge >= 0.3 is 0 Å². The quantitative estimate of drug-likeness (QED) is 0.796. The Hall–Kier alpha value is -1.16. The predicted octanol–water partition coefficient (Wildman–Crippen LogP) is 3.31. The number of aliphatic hydroxyl groups excluding tert-OH is 1. The summed E-state index contributed by atoms with van der Waals surface area (Å²) in [6.45, 7) is 6.03. The molecule has 1 unspecified atom stereocenters. The van der Waals surface area contributed by atoms with Gasteiger partial charge in [-0.3, -0.25) is 0 Å². The third kappa shape index (κ3) is 3.05. The molecule has 1 aliphatic carbocycles. The van der Waals surface area contributed by atoms with Gasteiger partial charge in [0, 0.05) is 6.42 Å². The summed E-state index contributed by atoms with van der Waals surface area (Å²) in [4.78, 5) is 0. The first-order valence-electron chi connectivity index (χ1n) is 7.70. The highest BCUT2D eigenvalue weighted by Gasteiger charge is 2.49. The van der Waals surface area contributed by atoms with Crippen LogP contribution in [0.25, 0.3) is 6.08 Å². The Bertz CT molecular complexity index is 549. The highest BCUT2D eigenvalue weighted by atomic mass is 16.8. The average molecular weight is 288 g/mol. The molecule has 3 heteroatoms. The Balaban J connectivity index is 1.99. The highest BCUT2D eigenvalue weighted by molar-refractivity contribution is 5.54. The lowest BCUT2D eigenvalue weighted by atomic mass is 9.86. The molecule has 1 N–H and O–H groups in total. The van der Waals surface area contributed by atoms with E-state index >= 15 is 0 Å². The number of benzene rings is 1. The van der Waals surface area contributed by atoms with Crippen molar-refractivity contribution in [3.8, 4) is 0 Å². The van der Waals surface area contributed by atoms with E-state index in [1.807, 2.05) is 38.1 Å². The molecule has 1 saturated heterocycles. The maximum absolute atomic E-state index is 10.1. The van der Waals surface area contributed by atoms with Gasteiger partial charge in [0.05, 0.1) is 17.8 Å². The first-order chi connectivity index (χ1) is 9.88. The molecular formula is C18H24O3. The number of aliphatic hydroxyl groups is 1. The number of hydrogen-bond acceptors (Lipinski definition) is 3. The van der Waals surface area contributed by atoms with Gasteiger partial charge in [0.15, 0.2) is 5.79 Å². The second kappa shape index (κ2) is 5.24. The molecule has 0 bridgehead atoms.